The summed E-state index contributed by atoms with van der Waals surface area (Å²) in [4.78, 5) is 3.56. The van der Waals surface area contributed by atoms with Crippen molar-refractivity contribution in [1.29, 1.82) is 0 Å². The second-order valence-corrected chi connectivity index (χ2v) is 3.13. The van der Waals surface area contributed by atoms with Gasteiger partial charge in [0.1, 0.15) is 0 Å². The highest BCUT2D eigenvalue weighted by molar-refractivity contribution is 5.85. The molecule has 4 heteroatoms. The van der Waals surface area contributed by atoms with Gasteiger partial charge in [0.2, 0.25) is 5.95 Å². The van der Waals surface area contributed by atoms with Gasteiger partial charge in [0, 0.05) is 17.8 Å². The molecule has 1 heterocycles. The third-order valence-electron chi connectivity index (χ3n) is 2.06. The maximum absolute atomic E-state index is 13.1. The lowest BCUT2D eigenvalue weighted by atomic mass is 10.0. The predicted molar refractivity (Wildman–Crippen MR) is 57.9 cm³/mol. The minimum Gasteiger partial charge on any atom is -0.324 e. The van der Waals surface area contributed by atoms with E-state index in [0.717, 1.165) is 19.3 Å². The number of nitrogens with zero attached hydrogens (tertiary/aromatic N) is 1. The summed E-state index contributed by atoms with van der Waals surface area (Å²) in [5.74, 6) is -0.439. The molecule has 1 atom stereocenters. The lowest BCUT2D eigenvalue weighted by Crippen LogP contribution is -2.12. The Bertz CT molecular complexity index is 268. The molecular formula is C10H16ClFN2. The average Bonchev–Trinajstić information content (AvgIpc) is 2.15. The maximum Gasteiger partial charge on any atom is 0.217 e. The number of hydrogen-bond donors (Lipinski definition) is 1. The molecule has 80 valence electrons. The molecule has 0 spiro atoms. The number of unbranched alkanes of at least 4 members (excludes halogenated alkanes) is 1. The van der Waals surface area contributed by atoms with Crippen LogP contribution in [0.15, 0.2) is 18.3 Å². The normalized spacial score (nSPS) is 11.9. The molecular weight excluding hydrogens is 203 g/mol. The number of pyridine rings is 1. The molecule has 0 radical (unpaired) electrons. The quantitative estimate of drug-likeness (QED) is 0.790. The van der Waals surface area contributed by atoms with Crippen LogP contribution in [0.1, 0.15) is 37.8 Å². The molecule has 0 aliphatic rings. The molecule has 2 nitrogen and oxygen atoms in total. The molecule has 0 aliphatic heterocycles. The first-order valence-electron chi connectivity index (χ1n) is 4.61. The lowest BCUT2D eigenvalue weighted by Gasteiger charge is -2.10. The van der Waals surface area contributed by atoms with Gasteiger partial charge in [-0.25, -0.2) is 4.98 Å². The Kier molecular flexibility index (Phi) is 6.41. The third kappa shape index (κ3) is 3.60. The fourth-order valence-corrected chi connectivity index (χ4v) is 1.25. The first-order chi connectivity index (χ1) is 6.25. The van der Waals surface area contributed by atoms with Crippen LogP contribution in [-0.2, 0) is 0 Å². The fraction of sp³-hybridized carbons (Fsp3) is 0.500. The van der Waals surface area contributed by atoms with Crippen molar-refractivity contribution < 1.29 is 4.39 Å². The summed E-state index contributed by atoms with van der Waals surface area (Å²) < 4.78 is 13.1. The zero-order valence-electron chi connectivity index (χ0n) is 8.24. The number of nitrogens with two attached hydrogens (primary N) is 1. The molecule has 0 aliphatic carbocycles. The summed E-state index contributed by atoms with van der Waals surface area (Å²) >= 11 is 0. The summed E-state index contributed by atoms with van der Waals surface area (Å²) in [6, 6.07) is 3.20. The largest absolute Gasteiger partial charge is 0.324 e. The monoisotopic (exact) mass is 218 g/mol. The minimum atomic E-state index is -0.439. The number of rotatable bonds is 4. The van der Waals surface area contributed by atoms with Crippen molar-refractivity contribution in [2.45, 2.75) is 32.2 Å². The second-order valence-electron chi connectivity index (χ2n) is 3.13. The molecule has 0 saturated carbocycles. The smallest absolute Gasteiger partial charge is 0.217 e. The van der Waals surface area contributed by atoms with Crippen LogP contribution in [0.5, 0.6) is 0 Å². The highest BCUT2D eigenvalue weighted by Crippen LogP contribution is 2.17. The second kappa shape index (κ2) is 6.74. The highest BCUT2D eigenvalue weighted by Gasteiger charge is 2.10. The molecule has 0 saturated heterocycles. The van der Waals surface area contributed by atoms with Gasteiger partial charge in [0.25, 0.3) is 0 Å². The first kappa shape index (κ1) is 13.3. The molecule has 0 fully saturated rings. The first-order valence-corrected chi connectivity index (χ1v) is 4.61. The van der Waals surface area contributed by atoms with Gasteiger partial charge in [0.05, 0.1) is 0 Å². The van der Waals surface area contributed by atoms with Crippen LogP contribution in [-0.4, -0.2) is 4.98 Å². The lowest BCUT2D eigenvalue weighted by molar-refractivity contribution is 0.522. The highest BCUT2D eigenvalue weighted by atomic mass is 35.5. The van der Waals surface area contributed by atoms with E-state index in [2.05, 4.69) is 11.9 Å². The Morgan fingerprint density at radius 2 is 2.29 bits per heavy atom. The van der Waals surface area contributed by atoms with E-state index in [0.29, 0.717) is 5.56 Å². The Morgan fingerprint density at radius 1 is 1.57 bits per heavy atom. The van der Waals surface area contributed by atoms with Crippen LogP contribution in [0.2, 0.25) is 0 Å². The van der Waals surface area contributed by atoms with Crippen molar-refractivity contribution in [3.63, 3.8) is 0 Å². The van der Waals surface area contributed by atoms with Crippen molar-refractivity contribution in [2.75, 3.05) is 0 Å². The van der Waals surface area contributed by atoms with E-state index in [9.17, 15) is 4.39 Å². The van der Waals surface area contributed by atoms with Gasteiger partial charge in [0.15, 0.2) is 0 Å². The van der Waals surface area contributed by atoms with Crippen LogP contribution in [0.25, 0.3) is 0 Å². The molecule has 2 N–H and O–H groups in total. The molecule has 1 aromatic rings. The summed E-state index contributed by atoms with van der Waals surface area (Å²) in [5, 5.41) is 0. The summed E-state index contributed by atoms with van der Waals surface area (Å²) in [6.45, 7) is 2.09. The van der Waals surface area contributed by atoms with Crippen LogP contribution >= 0.6 is 12.4 Å². The topological polar surface area (TPSA) is 38.9 Å². The van der Waals surface area contributed by atoms with E-state index in [1.807, 2.05) is 0 Å². The zero-order valence-corrected chi connectivity index (χ0v) is 9.06. The molecule has 14 heavy (non-hydrogen) atoms. The number of hydrogen-bond acceptors (Lipinski definition) is 2. The zero-order chi connectivity index (χ0) is 9.68. The van der Waals surface area contributed by atoms with Gasteiger partial charge < -0.3 is 5.73 Å². The molecule has 0 aromatic carbocycles. The van der Waals surface area contributed by atoms with Crippen LogP contribution < -0.4 is 5.73 Å². The molecule has 0 amide bonds. The Balaban J connectivity index is 0.00000169. The third-order valence-corrected chi connectivity index (χ3v) is 2.06. The van der Waals surface area contributed by atoms with Crippen molar-refractivity contribution in [2.24, 2.45) is 5.73 Å². The fourth-order valence-electron chi connectivity index (χ4n) is 1.25. The summed E-state index contributed by atoms with van der Waals surface area (Å²) in [7, 11) is 0. The Morgan fingerprint density at radius 3 is 2.86 bits per heavy atom. The van der Waals surface area contributed by atoms with Gasteiger partial charge in [-0.2, -0.15) is 4.39 Å². The molecule has 1 rings (SSSR count). The predicted octanol–water partition coefficient (Wildman–Crippen LogP) is 2.83. The molecule has 0 unspecified atom stereocenters. The van der Waals surface area contributed by atoms with Crippen LogP contribution in [0, 0.1) is 5.95 Å². The Hall–Kier alpha value is -0.670. The van der Waals surface area contributed by atoms with Crippen molar-refractivity contribution in [3.05, 3.63) is 29.8 Å². The van der Waals surface area contributed by atoms with Gasteiger partial charge in [-0.15, -0.1) is 12.4 Å². The van der Waals surface area contributed by atoms with E-state index in [4.69, 9.17) is 5.73 Å². The number of aromatic nitrogens is 1. The molecule has 0 bridgehead atoms. The van der Waals surface area contributed by atoms with E-state index in [1.165, 1.54) is 6.20 Å². The SMILES string of the molecule is CCCC[C@H](N)c1cccnc1F.Cl. The number of halogens is 2. The van der Waals surface area contributed by atoms with Gasteiger partial charge in [-0.1, -0.05) is 25.8 Å². The van der Waals surface area contributed by atoms with Crippen LogP contribution in [0.3, 0.4) is 0 Å². The Labute approximate surface area is 90.1 Å². The van der Waals surface area contributed by atoms with Crippen molar-refractivity contribution in [3.8, 4) is 0 Å². The summed E-state index contributed by atoms with van der Waals surface area (Å²) in [6.07, 6.45) is 4.36. The van der Waals surface area contributed by atoms with E-state index in [-0.39, 0.29) is 18.4 Å². The van der Waals surface area contributed by atoms with E-state index < -0.39 is 5.95 Å². The van der Waals surface area contributed by atoms with Gasteiger partial charge in [-0.3, -0.25) is 0 Å². The average molecular weight is 219 g/mol. The van der Waals surface area contributed by atoms with E-state index >= 15 is 0 Å². The van der Waals surface area contributed by atoms with Gasteiger partial charge in [-0.05, 0) is 12.5 Å². The van der Waals surface area contributed by atoms with Crippen molar-refractivity contribution >= 4 is 12.4 Å². The van der Waals surface area contributed by atoms with E-state index in [1.54, 1.807) is 12.1 Å². The molecule has 1 aromatic heterocycles. The van der Waals surface area contributed by atoms with Gasteiger partial charge >= 0.3 is 0 Å². The minimum absolute atomic E-state index is 0. The van der Waals surface area contributed by atoms with Crippen molar-refractivity contribution in [1.82, 2.24) is 4.98 Å². The summed E-state index contributed by atoms with van der Waals surface area (Å²) in [5.41, 5.74) is 6.33. The maximum atomic E-state index is 13.1. The van der Waals surface area contributed by atoms with Crippen LogP contribution in [0.4, 0.5) is 4.39 Å². The standard InChI is InChI=1S/C10H15FN2.ClH/c1-2-3-6-9(12)8-5-4-7-13-10(8)11;/h4-5,7,9H,2-3,6,12H2,1H3;1H/t9-;/m0./s1.